The van der Waals surface area contributed by atoms with Gasteiger partial charge in [-0.3, -0.25) is 0 Å². The molecule has 20 nitrogen and oxygen atoms in total. The van der Waals surface area contributed by atoms with Gasteiger partial charge in [0.1, 0.15) is 13.1 Å². The highest BCUT2D eigenvalue weighted by molar-refractivity contribution is 7.93. The van der Waals surface area contributed by atoms with E-state index in [1.807, 2.05) is 6.92 Å². The van der Waals surface area contributed by atoms with Gasteiger partial charge in [-0.2, -0.15) is 0 Å². The van der Waals surface area contributed by atoms with Gasteiger partial charge in [-0.05, 0) is 170 Å². The Balaban J connectivity index is 0.00000605. The van der Waals surface area contributed by atoms with Crippen LogP contribution in [0.15, 0.2) is 251 Å². The van der Waals surface area contributed by atoms with Gasteiger partial charge in [-0.25, -0.2) is 67.3 Å². The SMILES string of the molecule is Cc1ccc(S(=O)(=O)c2ccc(S(=O)(=O)c3ccc(S(=O)(=O)c4ccc(S(=O)(=O)Cc5ccc(S(=O)(=O)c6ccc(S(=O)(=O)c7ccc(S(=O)(=O)c8ccc(S(C)(=O)=O)cc8)cc7)cc6)cc5)cc4C[N+](C)(C)C)c(C[N+](C)(C)C)c3)cc2)cc1.[OH-].[OH-]. The predicted molar refractivity (Wildman–Crippen MR) is 320 cm³/mol. The van der Waals surface area contributed by atoms with Crippen molar-refractivity contribution < 1.29 is 87.3 Å². The molecule has 0 saturated carbocycles. The van der Waals surface area contributed by atoms with Crippen LogP contribution in [0, 0.1) is 6.92 Å². The summed E-state index contributed by atoms with van der Waals surface area (Å²) in [5.41, 5.74) is 1.32. The maximum absolute atomic E-state index is 15.0. The fourth-order valence-electron chi connectivity index (χ4n) is 9.11. The highest BCUT2D eigenvalue weighted by Gasteiger charge is 2.33. The van der Waals surface area contributed by atoms with E-state index >= 15 is 0 Å². The highest BCUT2D eigenvalue weighted by Crippen LogP contribution is 2.36. The van der Waals surface area contributed by atoms with Crippen molar-refractivity contribution in [1.29, 1.82) is 0 Å². The molecule has 0 spiro atoms. The van der Waals surface area contributed by atoms with Gasteiger partial charge in [-0.15, -0.1) is 0 Å². The second-order valence-electron chi connectivity index (χ2n) is 22.3. The van der Waals surface area contributed by atoms with Crippen LogP contribution in [0.25, 0.3) is 0 Å². The molecule has 2 N–H and O–H groups in total. The van der Waals surface area contributed by atoms with Crippen molar-refractivity contribution in [2.75, 3.05) is 48.5 Å². The Kier molecular flexibility index (Phi) is 19.6. The number of nitrogens with zero attached hydrogens (tertiary/aromatic N) is 2. The van der Waals surface area contributed by atoms with Gasteiger partial charge in [0.25, 0.3) is 0 Å². The lowest BCUT2D eigenvalue weighted by Gasteiger charge is -2.27. The van der Waals surface area contributed by atoms with E-state index in [9.17, 15) is 67.3 Å². The Labute approximate surface area is 509 Å². The summed E-state index contributed by atoms with van der Waals surface area (Å²) >= 11 is 0. The first-order valence-electron chi connectivity index (χ1n) is 25.5. The van der Waals surface area contributed by atoms with Gasteiger partial charge in [-0.1, -0.05) is 29.8 Å². The molecule has 464 valence electrons. The first-order valence-corrected chi connectivity index (χ1v) is 37.9. The molecule has 8 aromatic rings. The van der Waals surface area contributed by atoms with E-state index in [2.05, 4.69) is 0 Å². The molecule has 0 aliphatic rings. The van der Waals surface area contributed by atoms with Crippen molar-refractivity contribution in [3.05, 3.63) is 204 Å². The minimum Gasteiger partial charge on any atom is -0.870 e. The Morgan fingerprint density at radius 1 is 0.287 bits per heavy atom. The Morgan fingerprint density at radius 2 is 0.517 bits per heavy atom. The fraction of sp³-hybridized carbons (Fsp3) is 0.186. The molecule has 0 atom stereocenters. The third-order valence-corrected chi connectivity index (χ3v) is 27.1. The van der Waals surface area contributed by atoms with Crippen molar-refractivity contribution in [2.45, 2.75) is 94.3 Å². The smallest absolute Gasteiger partial charge is 0.207 e. The lowest BCUT2D eigenvalue weighted by atomic mass is 10.2. The summed E-state index contributed by atoms with van der Waals surface area (Å²) in [6.07, 6.45) is 0.974. The van der Waals surface area contributed by atoms with Crippen LogP contribution < -0.4 is 0 Å². The van der Waals surface area contributed by atoms with E-state index in [-0.39, 0.29) is 118 Å². The molecule has 0 saturated heterocycles. The molecule has 87 heavy (non-hydrogen) atoms. The number of rotatable bonds is 20. The number of aryl methyl sites for hydroxylation is 1. The molecule has 28 heteroatoms. The van der Waals surface area contributed by atoms with Crippen molar-refractivity contribution in [3.8, 4) is 0 Å². The van der Waals surface area contributed by atoms with Crippen molar-refractivity contribution in [3.63, 3.8) is 0 Å². The fourth-order valence-corrected chi connectivity index (χ4v) is 19.2. The molecule has 0 aliphatic carbocycles. The Bertz CT molecular complexity index is 4880. The zero-order valence-electron chi connectivity index (χ0n) is 48.0. The topological polar surface area (TPSA) is 333 Å². The van der Waals surface area contributed by atoms with Crippen LogP contribution in [0.5, 0.6) is 0 Å². The van der Waals surface area contributed by atoms with E-state index in [1.54, 1.807) is 54.4 Å². The highest BCUT2D eigenvalue weighted by atomic mass is 32.2. The number of hydrogen-bond acceptors (Lipinski definition) is 18. The third-order valence-electron chi connectivity index (χ3n) is 13.4. The average Bonchev–Trinajstić information content (AvgIpc) is 0.891. The molecule has 0 heterocycles. The largest absolute Gasteiger partial charge is 0.870 e. The van der Waals surface area contributed by atoms with Crippen LogP contribution >= 0.6 is 0 Å². The molecule has 0 fully saturated rings. The summed E-state index contributed by atoms with van der Waals surface area (Å²) in [5.74, 6) is -0.629. The summed E-state index contributed by atoms with van der Waals surface area (Å²) in [4.78, 5) is -2.94. The molecule has 0 bridgehead atoms. The number of benzene rings is 8. The Morgan fingerprint density at radius 3 is 0.805 bits per heavy atom. The lowest BCUT2D eigenvalue weighted by molar-refractivity contribution is -0.884. The maximum Gasteiger partial charge on any atom is 0.207 e. The molecule has 0 unspecified atom stereocenters. The van der Waals surface area contributed by atoms with Gasteiger partial charge in [0.15, 0.2) is 19.7 Å². The maximum atomic E-state index is 15.0. The van der Waals surface area contributed by atoms with Gasteiger partial charge < -0.3 is 19.9 Å². The average molecular weight is 1340 g/mol. The van der Waals surface area contributed by atoms with Crippen molar-refractivity contribution >= 4 is 78.7 Å². The molecular formula is C59H62N2O18S8. The number of quaternary nitrogens is 2. The molecule has 0 aliphatic heterocycles. The number of hydrogen-bond donors (Lipinski definition) is 0. The molecule has 0 radical (unpaired) electrons. The van der Waals surface area contributed by atoms with Crippen LogP contribution in [0.4, 0.5) is 0 Å². The quantitative estimate of drug-likeness (QED) is 0.0669. The summed E-state index contributed by atoms with van der Waals surface area (Å²) in [5, 5.41) is 0. The summed E-state index contributed by atoms with van der Waals surface area (Å²) in [7, 11) is -22.8. The second-order valence-corrected chi connectivity index (χ2v) is 38.0. The van der Waals surface area contributed by atoms with Crippen LogP contribution in [0.3, 0.4) is 0 Å². The van der Waals surface area contributed by atoms with E-state index in [1.165, 1.54) is 84.9 Å². The van der Waals surface area contributed by atoms with Gasteiger partial charge in [0, 0.05) is 17.4 Å². The van der Waals surface area contributed by atoms with Gasteiger partial charge in [0.2, 0.25) is 59.0 Å². The molecule has 0 aromatic heterocycles. The normalized spacial score (nSPS) is 13.1. The zero-order valence-corrected chi connectivity index (χ0v) is 54.6. The molecular weight excluding hydrogens is 1280 g/mol. The number of sulfone groups is 8. The summed E-state index contributed by atoms with van der Waals surface area (Å²) in [6.45, 7) is 1.87. The standard InChI is InChI=1S/C59H60N2O16S8.2H2O/c1-42-9-13-47(14-10-42)80(66,67)50-29-31-55(32-30-50)84(74,75)57-34-36-59(45(38-57)40-61(5,6)7)85(76,77)58-35-33-56(37-44(58)39-60(2,3)4)79(64,65)41-43-11-15-48(16-12-43)81(68,69)51-21-23-53(24-22-51)83(72,73)54-27-25-52(26-28-54)82(70,71)49-19-17-46(18-20-49)78(8,62)63;;/h9-38H,39-41H2,1-8H3;2*1H2/q+2;;/p-2. The monoisotopic (exact) mass is 1340 g/mol. The van der Waals surface area contributed by atoms with E-state index in [0.29, 0.717) is 0 Å². The van der Waals surface area contributed by atoms with E-state index in [0.717, 1.165) is 96.7 Å². The first-order chi connectivity index (χ1) is 39.1. The van der Waals surface area contributed by atoms with Crippen LogP contribution in [-0.4, -0.2) is 136 Å². The third kappa shape index (κ3) is 14.9. The van der Waals surface area contributed by atoms with Crippen LogP contribution in [-0.2, 0) is 97.5 Å². The van der Waals surface area contributed by atoms with E-state index in [4.69, 9.17) is 0 Å². The van der Waals surface area contributed by atoms with Gasteiger partial charge >= 0.3 is 0 Å². The van der Waals surface area contributed by atoms with Gasteiger partial charge in [0.05, 0.1) is 117 Å². The van der Waals surface area contributed by atoms with Crippen molar-refractivity contribution in [2.24, 2.45) is 0 Å². The minimum atomic E-state index is -4.52. The first kappa shape index (κ1) is 69.3. The van der Waals surface area contributed by atoms with Crippen LogP contribution in [0.2, 0.25) is 0 Å². The molecule has 8 rings (SSSR count). The van der Waals surface area contributed by atoms with Crippen molar-refractivity contribution in [1.82, 2.24) is 0 Å². The summed E-state index contributed by atoms with van der Waals surface area (Å²) < 4.78 is 219. The lowest BCUT2D eigenvalue weighted by Crippen LogP contribution is -2.34. The molecule has 8 aromatic carbocycles. The zero-order chi connectivity index (χ0) is 62.7. The minimum absolute atomic E-state index is 0. The molecule has 0 amide bonds. The van der Waals surface area contributed by atoms with E-state index < -0.39 is 84.5 Å². The Hall–Kier alpha value is -6.80. The second kappa shape index (κ2) is 24.6. The van der Waals surface area contributed by atoms with Crippen LogP contribution in [0.1, 0.15) is 22.3 Å². The predicted octanol–water partition coefficient (Wildman–Crippen LogP) is 7.43. The summed E-state index contributed by atoms with van der Waals surface area (Å²) in [6, 6.07) is 36.4.